The van der Waals surface area contributed by atoms with E-state index >= 15 is 0 Å². The second-order valence-electron chi connectivity index (χ2n) is 4.23. The van der Waals surface area contributed by atoms with E-state index < -0.39 is 12.1 Å². The molecule has 1 fully saturated rings. The fourth-order valence-electron chi connectivity index (χ4n) is 1.84. The Balaban J connectivity index is 2.51. The molecular weight excluding hydrogens is 210 g/mol. The molecule has 5 heteroatoms. The van der Waals surface area contributed by atoms with Crippen molar-refractivity contribution < 1.29 is 19.4 Å². The molecule has 0 amide bonds. The number of hydrogen-bond acceptors (Lipinski definition) is 4. The van der Waals surface area contributed by atoms with E-state index in [4.69, 9.17) is 14.6 Å². The van der Waals surface area contributed by atoms with E-state index in [9.17, 15) is 4.79 Å². The standard InChI is InChI=1S/C11H21NO4/c1-4-15-10(11(13)14)6-12-5-9(3)16-7-8(12)2/h8-10H,4-7H2,1-3H3,(H,13,14). The fraction of sp³-hybridized carbons (Fsp3) is 0.909. The van der Waals surface area contributed by atoms with Gasteiger partial charge in [-0.05, 0) is 20.8 Å². The Morgan fingerprint density at radius 2 is 2.31 bits per heavy atom. The first-order valence-electron chi connectivity index (χ1n) is 5.74. The summed E-state index contributed by atoms with van der Waals surface area (Å²) in [7, 11) is 0. The fourth-order valence-corrected chi connectivity index (χ4v) is 1.84. The second-order valence-corrected chi connectivity index (χ2v) is 4.23. The van der Waals surface area contributed by atoms with Crippen molar-refractivity contribution in [1.29, 1.82) is 0 Å². The quantitative estimate of drug-likeness (QED) is 0.750. The average Bonchev–Trinajstić information content (AvgIpc) is 2.22. The summed E-state index contributed by atoms with van der Waals surface area (Å²) in [4.78, 5) is 13.1. The van der Waals surface area contributed by atoms with E-state index in [2.05, 4.69) is 4.90 Å². The zero-order valence-electron chi connectivity index (χ0n) is 10.2. The summed E-state index contributed by atoms with van der Waals surface area (Å²) >= 11 is 0. The van der Waals surface area contributed by atoms with Crippen molar-refractivity contribution in [3.63, 3.8) is 0 Å². The van der Waals surface area contributed by atoms with E-state index in [0.717, 1.165) is 6.54 Å². The molecule has 1 saturated heterocycles. The van der Waals surface area contributed by atoms with Gasteiger partial charge in [0.2, 0.25) is 0 Å². The summed E-state index contributed by atoms with van der Waals surface area (Å²) in [5.74, 6) is -0.895. The Labute approximate surface area is 96.3 Å². The van der Waals surface area contributed by atoms with Crippen molar-refractivity contribution in [2.24, 2.45) is 0 Å². The predicted molar refractivity (Wildman–Crippen MR) is 59.5 cm³/mol. The van der Waals surface area contributed by atoms with Crippen LogP contribution in [0, 0.1) is 0 Å². The Morgan fingerprint density at radius 3 is 2.88 bits per heavy atom. The SMILES string of the molecule is CCOC(CN1CC(C)OCC1C)C(=O)O. The molecular formula is C11H21NO4. The van der Waals surface area contributed by atoms with Gasteiger partial charge in [0.1, 0.15) is 0 Å². The number of carbonyl (C=O) groups is 1. The van der Waals surface area contributed by atoms with Gasteiger partial charge in [-0.25, -0.2) is 4.79 Å². The lowest BCUT2D eigenvalue weighted by atomic mass is 10.2. The third-order valence-corrected chi connectivity index (χ3v) is 2.78. The van der Waals surface area contributed by atoms with E-state index in [1.54, 1.807) is 6.92 Å². The monoisotopic (exact) mass is 231 g/mol. The van der Waals surface area contributed by atoms with E-state index in [0.29, 0.717) is 19.8 Å². The van der Waals surface area contributed by atoms with Gasteiger partial charge in [0, 0.05) is 25.7 Å². The number of ether oxygens (including phenoxy) is 2. The minimum atomic E-state index is -0.895. The van der Waals surface area contributed by atoms with E-state index in [1.807, 2.05) is 13.8 Å². The lowest BCUT2D eigenvalue weighted by Crippen LogP contribution is -2.51. The molecule has 0 aromatic carbocycles. The smallest absolute Gasteiger partial charge is 0.334 e. The van der Waals surface area contributed by atoms with Crippen molar-refractivity contribution in [2.45, 2.75) is 39.0 Å². The van der Waals surface area contributed by atoms with Crippen LogP contribution >= 0.6 is 0 Å². The summed E-state index contributed by atoms with van der Waals surface area (Å²) in [6.45, 7) is 8.11. The number of carboxylic acids is 1. The van der Waals surface area contributed by atoms with Gasteiger partial charge >= 0.3 is 5.97 Å². The molecule has 3 atom stereocenters. The number of carboxylic acid groups (broad SMARTS) is 1. The van der Waals surface area contributed by atoms with E-state index in [1.165, 1.54) is 0 Å². The minimum absolute atomic E-state index is 0.160. The van der Waals surface area contributed by atoms with Crippen molar-refractivity contribution >= 4 is 5.97 Å². The van der Waals surface area contributed by atoms with Gasteiger partial charge in [0.15, 0.2) is 6.10 Å². The molecule has 0 aromatic rings. The van der Waals surface area contributed by atoms with Crippen molar-refractivity contribution in [1.82, 2.24) is 4.90 Å². The van der Waals surface area contributed by atoms with Gasteiger partial charge in [0.25, 0.3) is 0 Å². The molecule has 0 radical (unpaired) electrons. The first-order valence-corrected chi connectivity index (χ1v) is 5.74. The molecule has 5 nitrogen and oxygen atoms in total. The first kappa shape index (κ1) is 13.4. The van der Waals surface area contributed by atoms with Crippen LogP contribution in [0.4, 0.5) is 0 Å². The van der Waals surface area contributed by atoms with Crippen molar-refractivity contribution in [3.05, 3.63) is 0 Å². The van der Waals surface area contributed by atoms with Crippen LogP contribution in [0.1, 0.15) is 20.8 Å². The molecule has 16 heavy (non-hydrogen) atoms. The lowest BCUT2D eigenvalue weighted by molar-refractivity contribution is -0.153. The highest BCUT2D eigenvalue weighted by molar-refractivity contribution is 5.72. The van der Waals surface area contributed by atoms with Crippen molar-refractivity contribution in [3.8, 4) is 0 Å². The first-order chi connectivity index (χ1) is 7.54. The van der Waals surface area contributed by atoms with Crippen LogP contribution < -0.4 is 0 Å². The Kier molecular flexibility index (Phi) is 5.18. The number of rotatable bonds is 5. The van der Waals surface area contributed by atoms with Gasteiger partial charge in [0.05, 0.1) is 12.7 Å². The molecule has 0 spiro atoms. The second kappa shape index (κ2) is 6.18. The van der Waals surface area contributed by atoms with Crippen molar-refractivity contribution in [2.75, 3.05) is 26.3 Å². The molecule has 1 heterocycles. The predicted octanol–water partition coefficient (Wildman–Crippen LogP) is 0.585. The molecule has 1 N–H and O–H groups in total. The third kappa shape index (κ3) is 3.73. The molecule has 1 aliphatic rings. The van der Waals surface area contributed by atoms with Gasteiger partial charge in [-0.2, -0.15) is 0 Å². The maximum atomic E-state index is 11.0. The van der Waals surface area contributed by atoms with Crippen LogP contribution in [0.3, 0.4) is 0 Å². The van der Waals surface area contributed by atoms with Crippen LogP contribution in [0.5, 0.6) is 0 Å². The summed E-state index contributed by atoms with van der Waals surface area (Å²) in [5.41, 5.74) is 0. The topological polar surface area (TPSA) is 59.0 Å². The van der Waals surface area contributed by atoms with Gasteiger partial charge in [-0.15, -0.1) is 0 Å². The summed E-state index contributed by atoms with van der Waals surface area (Å²) in [5, 5.41) is 9.00. The van der Waals surface area contributed by atoms with E-state index in [-0.39, 0.29) is 12.1 Å². The number of morpholine rings is 1. The maximum absolute atomic E-state index is 11.0. The van der Waals surface area contributed by atoms with Gasteiger partial charge < -0.3 is 14.6 Å². The Hall–Kier alpha value is -0.650. The minimum Gasteiger partial charge on any atom is -0.479 e. The highest BCUT2D eigenvalue weighted by atomic mass is 16.5. The van der Waals surface area contributed by atoms with Crippen LogP contribution in [0.2, 0.25) is 0 Å². The highest BCUT2D eigenvalue weighted by Gasteiger charge is 2.28. The van der Waals surface area contributed by atoms with Gasteiger partial charge in [-0.1, -0.05) is 0 Å². The largest absolute Gasteiger partial charge is 0.479 e. The lowest BCUT2D eigenvalue weighted by Gasteiger charge is -2.37. The van der Waals surface area contributed by atoms with Crippen LogP contribution in [0.15, 0.2) is 0 Å². The number of hydrogen-bond donors (Lipinski definition) is 1. The van der Waals surface area contributed by atoms with Crippen LogP contribution in [0.25, 0.3) is 0 Å². The molecule has 0 saturated carbocycles. The molecule has 94 valence electrons. The van der Waals surface area contributed by atoms with Crippen LogP contribution in [-0.4, -0.2) is 60.5 Å². The molecule has 1 rings (SSSR count). The third-order valence-electron chi connectivity index (χ3n) is 2.78. The zero-order valence-corrected chi connectivity index (χ0v) is 10.2. The molecule has 3 unspecified atom stereocenters. The summed E-state index contributed by atoms with van der Waals surface area (Å²) in [6, 6.07) is 0.249. The highest BCUT2D eigenvalue weighted by Crippen LogP contribution is 2.12. The maximum Gasteiger partial charge on any atom is 0.334 e. The normalized spacial score (nSPS) is 28.9. The Bertz CT molecular complexity index is 234. The molecule has 0 bridgehead atoms. The van der Waals surface area contributed by atoms with Crippen LogP contribution in [-0.2, 0) is 14.3 Å². The summed E-state index contributed by atoms with van der Waals surface area (Å²) < 4.78 is 10.7. The Morgan fingerprint density at radius 1 is 1.62 bits per heavy atom. The average molecular weight is 231 g/mol. The van der Waals surface area contributed by atoms with Gasteiger partial charge in [-0.3, -0.25) is 4.90 Å². The zero-order chi connectivity index (χ0) is 12.1. The molecule has 0 aliphatic carbocycles. The number of nitrogens with zero attached hydrogens (tertiary/aromatic N) is 1. The summed E-state index contributed by atoms with van der Waals surface area (Å²) in [6.07, 6.45) is -0.579. The molecule has 1 aliphatic heterocycles. The number of aliphatic carboxylic acids is 1. The molecule has 0 aromatic heterocycles.